The molecule has 9 nitrogen and oxygen atoms in total. The predicted octanol–water partition coefficient (Wildman–Crippen LogP) is 5.62. The van der Waals surface area contributed by atoms with E-state index in [1.807, 2.05) is 37.3 Å². The van der Waals surface area contributed by atoms with Crippen LogP contribution in [0.3, 0.4) is 0 Å². The van der Waals surface area contributed by atoms with E-state index in [4.69, 9.17) is 9.47 Å². The minimum Gasteiger partial charge on any atom is -0.493 e. The van der Waals surface area contributed by atoms with Gasteiger partial charge in [-0.25, -0.2) is 0 Å². The minimum absolute atomic E-state index is 0.00352. The highest BCUT2D eigenvalue weighted by Crippen LogP contribution is 2.40. The van der Waals surface area contributed by atoms with E-state index in [9.17, 15) is 14.4 Å². The number of carbonyl (C=O) groups is 3. The summed E-state index contributed by atoms with van der Waals surface area (Å²) in [6.45, 7) is 7.87. The van der Waals surface area contributed by atoms with Crippen molar-refractivity contribution < 1.29 is 23.9 Å². The van der Waals surface area contributed by atoms with E-state index >= 15 is 0 Å². The number of anilines is 1. The van der Waals surface area contributed by atoms with Crippen LogP contribution in [0.5, 0.6) is 11.5 Å². The van der Waals surface area contributed by atoms with Gasteiger partial charge in [-0.05, 0) is 61.6 Å². The van der Waals surface area contributed by atoms with Gasteiger partial charge in [-0.15, -0.1) is 0 Å². The largest absolute Gasteiger partial charge is 0.493 e. The fourth-order valence-corrected chi connectivity index (χ4v) is 6.47. The molecule has 1 N–H and O–H groups in total. The molecule has 0 saturated carbocycles. The van der Waals surface area contributed by atoms with Gasteiger partial charge in [0.1, 0.15) is 0 Å². The molecule has 5 rings (SSSR count). The summed E-state index contributed by atoms with van der Waals surface area (Å²) in [5.41, 5.74) is 3.76. The minimum atomic E-state index is -0.545. The van der Waals surface area contributed by atoms with E-state index in [0.717, 1.165) is 43.9 Å². The number of rotatable bonds is 13. The topological polar surface area (TPSA) is 91.4 Å². The second kappa shape index (κ2) is 14.6. The number of nitrogens with zero attached hydrogens (tertiary/aromatic N) is 3. The van der Waals surface area contributed by atoms with Gasteiger partial charge in [0.15, 0.2) is 11.5 Å². The van der Waals surface area contributed by atoms with Crippen molar-refractivity contribution >= 4 is 23.4 Å². The molecule has 2 aliphatic rings. The molecule has 0 spiro atoms. The van der Waals surface area contributed by atoms with Crippen molar-refractivity contribution in [3.8, 4) is 11.5 Å². The monoisotopic (exact) mass is 612 g/mol. The number of nitrogens with one attached hydrogen (secondary N) is 1. The van der Waals surface area contributed by atoms with Crippen LogP contribution in [-0.4, -0.2) is 74.5 Å². The Labute approximate surface area is 266 Å². The van der Waals surface area contributed by atoms with Crippen LogP contribution in [0.2, 0.25) is 0 Å². The van der Waals surface area contributed by atoms with Crippen LogP contribution < -0.4 is 19.7 Å². The Morgan fingerprint density at radius 2 is 1.60 bits per heavy atom. The predicted molar refractivity (Wildman–Crippen MR) is 175 cm³/mol. The molecule has 238 valence electrons. The third kappa shape index (κ3) is 6.83. The number of amides is 3. The molecule has 0 radical (unpaired) electrons. The third-order valence-electron chi connectivity index (χ3n) is 8.97. The fourth-order valence-electron chi connectivity index (χ4n) is 6.47. The van der Waals surface area contributed by atoms with E-state index in [-0.39, 0.29) is 17.7 Å². The van der Waals surface area contributed by atoms with Gasteiger partial charge < -0.3 is 19.7 Å². The number of piperazine rings is 1. The fraction of sp³-hybridized carbons (Fsp3) is 0.417. The molecule has 45 heavy (non-hydrogen) atoms. The van der Waals surface area contributed by atoms with Gasteiger partial charge in [-0.2, -0.15) is 0 Å². The van der Waals surface area contributed by atoms with Crippen molar-refractivity contribution in [1.82, 2.24) is 15.1 Å². The molecule has 2 heterocycles. The average Bonchev–Trinajstić information content (AvgIpc) is 3.33. The highest BCUT2D eigenvalue weighted by Gasteiger charge is 2.43. The first-order chi connectivity index (χ1) is 21.9. The summed E-state index contributed by atoms with van der Waals surface area (Å²) in [4.78, 5) is 46.5. The summed E-state index contributed by atoms with van der Waals surface area (Å²) < 4.78 is 11.0. The highest BCUT2D eigenvalue weighted by molar-refractivity contribution is 6.24. The smallest absolute Gasteiger partial charge is 0.264 e. The molecule has 0 bridgehead atoms. The van der Waals surface area contributed by atoms with Crippen LogP contribution in [0, 0.1) is 0 Å². The number of ether oxygens (including phenoxy) is 2. The van der Waals surface area contributed by atoms with Crippen LogP contribution in [0.25, 0.3) is 0 Å². The van der Waals surface area contributed by atoms with E-state index in [1.165, 1.54) is 10.5 Å². The number of fused-ring (bicyclic) bond motifs is 1. The lowest BCUT2D eigenvalue weighted by Gasteiger charge is -2.39. The van der Waals surface area contributed by atoms with Crippen molar-refractivity contribution in [1.29, 1.82) is 0 Å². The van der Waals surface area contributed by atoms with E-state index in [1.54, 1.807) is 26.4 Å². The van der Waals surface area contributed by atoms with Crippen molar-refractivity contribution in [2.24, 2.45) is 0 Å². The first-order valence-electron chi connectivity index (χ1n) is 15.9. The number of benzene rings is 3. The van der Waals surface area contributed by atoms with Crippen molar-refractivity contribution in [2.75, 3.05) is 51.8 Å². The Morgan fingerprint density at radius 3 is 2.29 bits per heavy atom. The second-order valence-electron chi connectivity index (χ2n) is 11.7. The molecule has 1 fully saturated rings. The standard InChI is InChI=1S/C36H44N4O5/c1-5-11-33(41)37-19-10-16-29(27-17-18-31(44-3)32(24-27)45-4)40-35(42)28-14-9-15-30(34(28)36(40)43)39-22-20-38(21-23-39)25(2)26-12-7-6-8-13-26/h6-9,12-15,17-18,24-25,29H,5,10-11,16,19-23H2,1-4H3,(H,37,41)/t25-,29-/m1/s1. The summed E-state index contributed by atoms with van der Waals surface area (Å²) in [6.07, 6.45) is 2.33. The van der Waals surface area contributed by atoms with Crippen molar-refractivity contribution in [3.63, 3.8) is 0 Å². The molecular weight excluding hydrogens is 568 g/mol. The summed E-state index contributed by atoms with van der Waals surface area (Å²) in [6, 6.07) is 21.3. The van der Waals surface area contributed by atoms with Gasteiger partial charge in [0.05, 0.1) is 37.1 Å². The molecule has 1 saturated heterocycles. The molecule has 9 heteroatoms. The molecule has 3 aromatic rings. The van der Waals surface area contributed by atoms with E-state index < -0.39 is 6.04 Å². The Morgan fingerprint density at radius 1 is 0.867 bits per heavy atom. The quantitative estimate of drug-likeness (QED) is 0.198. The van der Waals surface area contributed by atoms with Gasteiger partial charge in [-0.1, -0.05) is 49.4 Å². The van der Waals surface area contributed by atoms with Crippen molar-refractivity contribution in [2.45, 2.75) is 51.6 Å². The zero-order valence-electron chi connectivity index (χ0n) is 26.8. The SMILES string of the molecule is CCCC(=O)NCCC[C@H](c1ccc(OC)c(OC)c1)N1C(=O)c2cccc(N3CCN([C@H](C)c4ccccc4)CC3)c2C1=O. The summed E-state index contributed by atoms with van der Waals surface area (Å²) >= 11 is 0. The maximum Gasteiger partial charge on any atom is 0.264 e. The zero-order chi connectivity index (χ0) is 31.9. The van der Waals surface area contributed by atoms with Gasteiger partial charge in [0.2, 0.25) is 5.91 Å². The summed E-state index contributed by atoms with van der Waals surface area (Å²) in [5, 5.41) is 2.95. The van der Waals surface area contributed by atoms with E-state index in [0.29, 0.717) is 54.5 Å². The lowest BCUT2D eigenvalue weighted by atomic mass is 9.99. The van der Waals surface area contributed by atoms with Crippen LogP contribution in [0.4, 0.5) is 5.69 Å². The van der Waals surface area contributed by atoms with Gasteiger partial charge in [0.25, 0.3) is 11.8 Å². The highest BCUT2D eigenvalue weighted by atomic mass is 16.5. The Kier molecular flexibility index (Phi) is 10.4. The number of hydrogen-bond acceptors (Lipinski definition) is 7. The zero-order valence-corrected chi connectivity index (χ0v) is 26.8. The van der Waals surface area contributed by atoms with Crippen molar-refractivity contribution in [3.05, 3.63) is 89.0 Å². The maximum atomic E-state index is 14.3. The summed E-state index contributed by atoms with van der Waals surface area (Å²) in [7, 11) is 3.14. The van der Waals surface area contributed by atoms with Crippen LogP contribution >= 0.6 is 0 Å². The van der Waals surface area contributed by atoms with Gasteiger partial charge in [-0.3, -0.25) is 24.2 Å². The number of imide groups is 1. The number of carbonyl (C=O) groups excluding carboxylic acids is 3. The molecule has 2 atom stereocenters. The molecule has 0 aromatic heterocycles. The molecular formula is C36H44N4O5. The molecule has 0 aliphatic carbocycles. The maximum absolute atomic E-state index is 14.3. The lowest BCUT2D eigenvalue weighted by molar-refractivity contribution is -0.121. The first-order valence-corrected chi connectivity index (χ1v) is 15.9. The van der Waals surface area contributed by atoms with Gasteiger partial charge >= 0.3 is 0 Å². The molecule has 3 amide bonds. The Hall–Kier alpha value is -4.37. The second-order valence-corrected chi connectivity index (χ2v) is 11.7. The van der Waals surface area contributed by atoms with Gasteiger partial charge in [0, 0.05) is 45.2 Å². The Bertz CT molecular complexity index is 1500. The Balaban J connectivity index is 1.38. The van der Waals surface area contributed by atoms with Crippen LogP contribution in [-0.2, 0) is 4.79 Å². The average molecular weight is 613 g/mol. The normalized spacial score (nSPS) is 16.4. The number of methoxy groups -OCH3 is 2. The summed E-state index contributed by atoms with van der Waals surface area (Å²) in [5.74, 6) is 0.501. The molecule has 3 aromatic carbocycles. The third-order valence-corrected chi connectivity index (χ3v) is 8.97. The van der Waals surface area contributed by atoms with Crippen LogP contribution in [0.1, 0.15) is 83.5 Å². The lowest BCUT2D eigenvalue weighted by Crippen LogP contribution is -2.47. The van der Waals surface area contributed by atoms with Crippen LogP contribution in [0.15, 0.2) is 66.7 Å². The van der Waals surface area contributed by atoms with E-state index in [2.05, 4.69) is 46.3 Å². The molecule has 0 unspecified atom stereocenters. The first kappa shape index (κ1) is 32.0. The number of hydrogen-bond donors (Lipinski definition) is 1. The molecule has 2 aliphatic heterocycles.